The number of carbonyl (C=O) groups is 1. The summed E-state index contributed by atoms with van der Waals surface area (Å²) in [4.78, 5) is 25.8. The highest BCUT2D eigenvalue weighted by molar-refractivity contribution is 6.33. The van der Waals surface area contributed by atoms with Crippen molar-refractivity contribution in [3.8, 4) is 11.1 Å². The number of aromatic nitrogens is 1. The Hall–Kier alpha value is -2.86. The molecule has 3 N–H and O–H groups in total. The van der Waals surface area contributed by atoms with Gasteiger partial charge in [0.1, 0.15) is 11.9 Å². The Balaban J connectivity index is 2.15. The molecule has 0 aliphatic rings. The molecule has 1 aromatic heterocycles. The van der Waals surface area contributed by atoms with Crippen LogP contribution < -0.4 is 10.9 Å². The van der Waals surface area contributed by atoms with Gasteiger partial charge in [0.25, 0.3) is 5.56 Å². The van der Waals surface area contributed by atoms with Crippen molar-refractivity contribution in [2.24, 2.45) is 0 Å². The maximum absolute atomic E-state index is 13.3. The Bertz CT molecular complexity index is 1030. The summed E-state index contributed by atoms with van der Waals surface area (Å²) in [5, 5.41) is 13.0. The highest BCUT2D eigenvalue weighted by atomic mass is 35.5. The summed E-state index contributed by atoms with van der Waals surface area (Å²) in [6, 6.07) is 8.21. The molecule has 0 saturated heterocycles. The van der Waals surface area contributed by atoms with Crippen molar-refractivity contribution in [3.05, 3.63) is 63.8 Å². The minimum atomic E-state index is -0.999. The molecule has 128 valence electrons. The molecule has 25 heavy (non-hydrogen) atoms. The number of nitrogens with one attached hydrogen (secondary N) is 2. The van der Waals surface area contributed by atoms with Crippen LogP contribution in [-0.2, 0) is 4.79 Å². The summed E-state index contributed by atoms with van der Waals surface area (Å²) >= 11 is 6.13. The van der Waals surface area contributed by atoms with Crippen LogP contribution in [0.1, 0.15) is 6.92 Å². The molecule has 0 fully saturated rings. The third-order valence-corrected chi connectivity index (χ3v) is 4.19. The van der Waals surface area contributed by atoms with Gasteiger partial charge in [-0.25, -0.2) is 4.39 Å². The monoisotopic (exact) mass is 360 g/mol. The molecule has 0 amide bonds. The zero-order valence-corrected chi connectivity index (χ0v) is 13.9. The van der Waals surface area contributed by atoms with Gasteiger partial charge in [0.15, 0.2) is 0 Å². The second-order valence-corrected chi connectivity index (χ2v) is 6.03. The zero-order valence-electron chi connectivity index (χ0n) is 13.1. The van der Waals surface area contributed by atoms with Crippen LogP contribution in [-0.4, -0.2) is 22.1 Å². The van der Waals surface area contributed by atoms with E-state index < -0.39 is 17.8 Å². The van der Waals surface area contributed by atoms with Gasteiger partial charge in [-0.2, -0.15) is 0 Å². The Morgan fingerprint density at radius 2 is 1.96 bits per heavy atom. The van der Waals surface area contributed by atoms with Gasteiger partial charge in [0.2, 0.25) is 0 Å². The summed E-state index contributed by atoms with van der Waals surface area (Å²) in [6.07, 6.45) is 1.52. The standard InChI is InChI=1S/C18H14ClFN2O3/c1-9(18(24)25)22-11-3-5-12-14(7-11)17(23)21-8-15(12)13-4-2-10(20)6-16(13)19/h2-9,22H,1H3,(H,21,23)(H,24,25)/t9-/m0/s1. The summed E-state index contributed by atoms with van der Waals surface area (Å²) < 4.78 is 13.3. The number of H-pyrrole nitrogens is 1. The van der Waals surface area contributed by atoms with E-state index in [4.69, 9.17) is 16.7 Å². The highest BCUT2D eigenvalue weighted by Gasteiger charge is 2.14. The van der Waals surface area contributed by atoms with Gasteiger partial charge in [0, 0.05) is 28.4 Å². The summed E-state index contributed by atoms with van der Waals surface area (Å²) in [5.41, 5.74) is 1.43. The Kier molecular flexibility index (Phi) is 4.46. The summed E-state index contributed by atoms with van der Waals surface area (Å²) in [6.45, 7) is 1.51. The van der Waals surface area contributed by atoms with Crippen LogP contribution in [0.3, 0.4) is 0 Å². The number of rotatable bonds is 4. The third kappa shape index (κ3) is 3.34. The number of anilines is 1. The van der Waals surface area contributed by atoms with Crippen LogP contribution in [0, 0.1) is 5.82 Å². The van der Waals surface area contributed by atoms with E-state index in [0.717, 1.165) is 0 Å². The van der Waals surface area contributed by atoms with Crippen molar-refractivity contribution in [1.82, 2.24) is 4.98 Å². The number of pyridine rings is 1. The number of aromatic amines is 1. The van der Waals surface area contributed by atoms with Gasteiger partial charge in [-0.1, -0.05) is 17.7 Å². The van der Waals surface area contributed by atoms with E-state index in [2.05, 4.69) is 10.3 Å². The van der Waals surface area contributed by atoms with Gasteiger partial charge in [0.05, 0.1) is 5.02 Å². The number of carboxylic acid groups (broad SMARTS) is 1. The normalized spacial score (nSPS) is 12.1. The first-order chi connectivity index (χ1) is 11.9. The molecule has 0 spiro atoms. The first-order valence-corrected chi connectivity index (χ1v) is 7.85. The Morgan fingerprint density at radius 1 is 1.20 bits per heavy atom. The van der Waals surface area contributed by atoms with E-state index in [1.807, 2.05) is 0 Å². The Labute approximate surface area is 147 Å². The van der Waals surface area contributed by atoms with Crippen LogP contribution in [0.4, 0.5) is 10.1 Å². The lowest BCUT2D eigenvalue weighted by Crippen LogP contribution is -2.25. The molecular formula is C18H14ClFN2O3. The third-order valence-electron chi connectivity index (χ3n) is 3.88. The van der Waals surface area contributed by atoms with Gasteiger partial charge in [-0.15, -0.1) is 0 Å². The largest absolute Gasteiger partial charge is 0.480 e. The van der Waals surface area contributed by atoms with Gasteiger partial charge < -0.3 is 15.4 Å². The summed E-state index contributed by atoms with van der Waals surface area (Å²) in [5.74, 6) is -1.45. The molecule has 0 unspecified atom stereocenters. The van der Waals surface area contributed by atoms with Gasteiger partial charge in [-0.05, 0) is 42.6 Å². The van der Waals surface area contributed by atoms with Crippen molar-refractivity contribution < 1.29 is 14.3 Å². The number of aliphatic carboxylic acids is 1. The number of hydrogen-bond donors (Lipinski definition) is 3. The van der Waals surface area contributed by atoms with E-state index in [-0.39, 0.29) is 10.6 Å². The summed E-state index contributed by atoms with van der Waals surface area (Å²) in [7, 11) is 0. The first kappa shape index (κ1) is 17.0. The van der Waals surface area contributed by atoms with Crippen molar-refractivity contribution in [2.75, 3.05) is 5.32 Å². The minimum absolute atomic E-state index is 0.232. The van der Waals surface area contributed by atoms with Crippen molar-refractivity contribution in [2.45, 2.75) is 13.0 Å². The molecule has 0 radical (unpaired) electrons. The smallest absolute Gasteiger partial charge is 0.325 e. The van der Waals surface area contributed by atoms with Crippen LogP contribution in [0.2, 0.25) is 5.02 Å². The molecule has 0 aliphatic heterocycles. The van der Waals surface area contributed by atoms with Crippen molar-refractivity contribution >= 4 is 34.0 Å². The van der Waals surface area contributed by atoms with Gasteiger partial charge >= 0.3 is 5.97 Å². The van der Waals surface area contributed by atoms with Crippen LogP contribution >= 0.6 is 11.6 Å². The molecule has 5 nitrogen and oxygen atoms in total. The fourth-order valence-electron chi connectivity index (χ4n) is 2.59. The molecule has 2 aromatic carbocycles. The van der Waals surface area contributed by atoms with Crippen LogP contribution in [0.15, 0.2) is 47.4 Å². The maximum Gasteiger partial charge on any atom is 0.325 e. The molecular weight excluding hydrogens is 347 g/mol. The van der Waals surface area contributed by atoms with E-state index in [0.29, 0.717) is 27.6 Å². The lowest BCUT2D eigenvalue weighted by atomic mass is 10.00. The molecule has 0 bridgehead atoms. The van der Waals surface area contributed by atoms with Gasteiger partial charge in [-0.3, -0.25) is 9.59 Å². The average Bonchev–Trinajstić information content (AvgIpc) is 2.56. The number of benzene rings is 2. The van der Waals surface area contributed by atoms with Crippen LogP contribution in [0.25, 0.3) is 21.9 Å². The van der Waals surface area contributed by atoms with Crippen molar-refractivity contribution in [3.63, 3.8) is 0 Å². The molecule has 0 aliphatic carbocycles. The van der Waals surface area contributed by atoms with E-state index in [1.54, 1.807) is 24.3 Å². The quantitative estimate of drug-likeness (QED) is 0.659. The molecule has 0 saturated carbocycles. The number of halogens is 2. The first-order valence-electron chi connectivity index (χ1n) is 7.47. The minimum Gasteiger partial charge on any atom is -0.480 e. The molecule has 1 atom stereocenters. The lowest BCUT2D eigenvalue weighted by molar-refractivity contribution is -0.137. The second kappa shape index (κ2) is 6.57. The molecule has 1 heterocycles. The highest BCUT2D eigenvalue weighted by Crippen LogP contribution is 2.33. The van der Waals surface area contributed by atoms with Crippen molar-refractivity contribution in [1.29, 1.82) is 0 Å². The Morgan fingerprint density at radius 3 is 2.64 bits per heavy atom. The lowest BCUT2D eigenvalue weighted by Gasteiger charge is -2.13. The molecule has 7 heteroatoms. The molecule has 3 rings (SSSR count). The zero-order chi connectivity index (χ0) is 18.1. The maximum atomic E-state index is 13.3. The predicted octanol–water partition coefficient (Wildman–Crippen LogP) is 3.87. The molecule has 3 aromatic rings. The SMILES string of the molecule is C[C@H](Nc1ccc2c(-c3ccc(F)cc3Cl)c[nH]c(=O)c2c1)C(=O)O. The number of carboxylic acids is 1. The van der Waals surface area contributed by atoms with E-state index >= 15 is 0 Å². The second-order valence-electron chi connectivity index (χ2n) is 5.62. The van der Waals surface area contributed by atoms with E-state index in [9.17, 15) is 14.0 Å². The predicted molar refractivity (Wildman–Crippen MR) is 95.7 cm³/mol. The number of hydrogen-bond acceptors (Lipinski definition) is 3. The van der Waals surface area contributed by atoms with E-state index in [1.165, 1.54) is 25.3 Å². The topological polar surface area (TPSA) is 82.2 Å². The fourth-order valence-corrected chi connectivity index (χ4v) is 2.86. The number of fused-ring (bicyclic) bond motifs is 1. The fraction of sp³-hybridized carbons (Fsp3) is 0.111. The average molecular weight is 361 g/mol. The van der Waals surface area contributed by atoms with Crippen LogP contribution in [0.5, 0.6) is 0 Å².